The summed E-state index contributed by atoms with van der Waals surface area (Å²) in [5, 5.41) is 0. The number of anilines is 1. The Morgan fingerprint density at radius 1 is 1.33 bits per heavy atom. The summed E-state index contributed by atoms with van der Waals surface area (Å²) in [6.45, 7) is 2.71. The van der Waals surface area contributed by atoms with Gasteiger partial charge in [0.1, 0.15) is 0 Å². The number of benzene rings is 1. The Morgan fingerprint density at radius 2 is 2.19 bits per heavy atom. The molecule has 1 spiro atoms. The van der Waals surface area contributed by atoms with Gasteiger partial charge in [-0.25, -0.2) is 0 Å². The molecule has 0 aromatic heterocycles. The van der Waals surface area contributed by atoms with Crippen molar-refractivity contribution in [1.29, 1.82) is 0 Å². The van der Waals surface area contributed by atoms with Gasteiger partial charge >= 0.3 is 0 Å². The van der Waals surface area contributed by atoms with Crippen molar-refractivity contribution in [1.82, 2.24) is 0 Å². The molecule has 2 saturated heterocycles. The highest BCUT2D eigenvalue weighted by molar-refractivity contribution is 7.99. The molecule has 0 amide bonds. The Morgan fingerprint density at radius 3 is 2.90 bits per heavy atom. The molecule has 2 fully saturated rings. The summed E-state index contributed by atoms with van der Waals surface area (Å²) in [6.07, 6.45) is 4.56. The SMILES string of the molecule is NCCCN(c1ccccc1)C1CCOC2(CCSC2)C1. The second-order valence-electron chi connectivity index (χ2n) is 6.15. The summed E-state index contributed by atoms with van der Waals surface area (Å²) in [6, 6.07) is 11.4. The summed E-state index contributed by atoms with van der Waals surface area (Å²) < 4.78 is 6.17. The molecule has 2 heterocycles. The molecule has 2 aliphatic heterocycles. The van der Waals surface area contributed by atoms with Crippen LogP contribution >= 0.6 is 11.8 Å². The van der Waals surface area contributed by atoms with E-state index in [0.29, 0.717) is 6.04 Å². The minimum absolute atomic E-state index is 0.142. The first-order valence-corrected chi connectivity index (χ1v) is 9.22. The second kappa shape index (κ2) is 7.03. The van der Waals surface area contributed by atoms with E-state index in [4.69, 9.17) is 10.5 Å². The zero-order valence-corrected chi connectivity index (χ0v) is 13.5. The average molecular weight is 306 g/mol. The highest BCUT2D eigenvalue weighted by Crippen LogP contribution is 2.40. The molecule has 1 aromatic rings. The molecule has 21 heavy (non-hydrogen) atoms. The molecule has 0 radical (unpaired) electrons. The third-order valence-electron chi connectivity index (χ3n) is 4.67. The second-order valence-corrected chi connectivity index (χ2v) is 7.26. The molecular weight excluding hydrogens is 280 g/mol. The summed E-state index contributed by atoms with van der Waals surface area (Å²) >= 11 is 2.04. The van der Waals surface area contributed by atoms with Crippen molar-refractivity contribution in [2.75, 3.05) is 36.1 Å². The zero-order chi connectivity index (χ0) is 14.5. The van der Waals surface area contributed by atoms with E-state index < -0.39 is 0 Å². The van der Waals surface area contributed by atoms with E-state index in [1.807, 2.05) is 11.8 Å². The van der Waals surface area contributed by atoms with Gasteiger partial charge in [-0.05, 0) is 50.1 Å². The number of para-hydroxylation sites is 1. The van der Waals surface area contributed by atoms with Crippen LogP contribution in [0.15, 0.2) is 30.3 Å². The van der Waals surface area contributed by atoms with Gasteiger partial charge in [0.2, 0.25) is 0 Å². The fourth-order valence-corrected chi connectivity index (χ4v) is 4.91. The van der Waals surface area contributed by atoms with Gasteiger partial charge in [-0.15, -0.1) is 0 Å². The Balaban J connectivity index is 1.75. The number of rotatable bonds is 5. The summed E-state index contributed by atoms with van der Waals surface area (Å²) in [5.74, 6) is 2.42. The van der Waals surface area contributed by atoms with Crippen molar-refractivity contribution in [2.24, 2.45) is 5.73 Å². The van der Waals surface area contributed by atoms with Gasteiger partial charge in [0.15, 0.2) is 0 Å². The number of hydrogen-bond acceptors (Lipinski definition) is 4. The molecule has 0 aliphatic carbocycles. The maximum Gasteiger partial charge on any atom is 0.0799 e. The Kier molecular flexibility index (Phi) is 5.09. The molecule has 1 aromatic carbocycles. The third-order valence-corrected chi connectivity index (χ3v) is 5.89. The molecule has 116 valence electrons. The molecule has 2 N–H and O–H groups in total. The molecule has 3 nitrogen and oxygen atoms in total. The van der Waals surface area contributed by atoms with Crippen LogP contribution in [0.4, 0.5) is 5.69 Å². The standard InChI is InChI=1S/C17H26N2OS/c18-9-4-10-19(15-5-2-1-3-6-15)16-7-11-20-17(13-16)8-12-21-14-17/h1-3,5-6,16H,4,7-14,18H2. The lowest BCUT2D eigenvalue weighted by molar-refractivity contribution is -0.0663. The van der Waals surface area contributed by atoms with Gasteiger partial charge in [0.05, 0.1) is 5.60 Å². The monoisotopic (exact) mass is 306 g/mol. The molecule has 2 aliphatic rings. The Labute approximate surface area is 132 Å². The van der Waals surface area contributed by atoms with Crippen LogP contribution in [0.2, 0.25) is 0 Å². The van der Waals surface area contributed by atoms with Crippen LogP contribution in [0.25, 0.3) is 0 Å². The number of thioether (sulfide) groups is 1. The van der Waals surface area contributed by atoms with Crippen molar-refractivity contribution in [2.45, 2.75) is 37.3 Å². The van der Waals surface area contributed by atoms with E-state index >= 15 is 0 Å². The van der Waals surface area contributed by atoms with Crippen LogP contribution in [0.3, 0.4) is 0 Å². The third kappa shape index (κ3) is 3.55. The predicted molar refractivity (Wildman–Crippen MR) is 91.1 cm³/mol. The lowest BCUT2D eigenvalue weighted by Gasteiger charge is -2.43. The van der Waals surface area contributed by atoms with Crippen molar-refractivity contribution in [3.05, 3.63) is 30.3 Å². The highest BCUT2D eigenvalue weighted by Gasteiger charge is 2.41. The molecule has 3 rings (SSSR count). The average Bonchev–Trinajstić information content (AvgIpc) is 2.97. The fourth-order valence-electron chi connectivity index (χ4n) is 3.53. The largest absolute Gasteiger partial charge is 0.374 e. The molecule has 0 saturated carbocycles. The molecule has 2 atom stereocenters. The van der Waals surface area contributed by atoms with E-state index in [-0.39, 0.29) is 5.60 Å². The van der Waals surface area contributed by atoms with E-state index in [0.717, 1.165) is 32.5 Å². The van der Waals surface area contributed by atoms with Crippen LogP contribution in [0, 0.1) is 0 Å². The minimum atomic E-state index is 0.142. The van der Waals surface area contributed by atoms with Gasteiger partial charge in [0, 0.05) is 30.6 Å². The van der Waals surface area contributed by atoms with Gasteiger partial charge in [-0.2, -0.15) is 11.8 Å². The highest BCUT2D eigenvalue weighted by atomic mass is 32.2. The van der Waals surface area contributed by atoms with E-state index in [1.54, 1.807) is 0 Å². The van der Waals surface area contributed by atoms with Crippen LogP contribution in [-0.4, -0.2) is 42.8 Å². The number of nitrogens with zero attached hydrogens (tertiary/aromatic N) is 1. The quantitative estimate of drug-likeness (QED) is 0.908. The van der Waals surface area contributed by atoms with Crippen molar-refractivity contribution >= 4 is 17.4 Å². The first-order chi connectivity index (χ1) is 10.3. The van der Waals surface area contributed by atoms with Crippen molar-refractivity contribution < 1.29 is 4.74 Å². The predicted octanol–water partition coefficient (Wildman–Crippen LogP) is 2.90. The molecule has 2 unspecified atom stereocenters. The summed E-state index contributed by atoms with van der Waals surface area (Å²) in [4.78, 5) is 2.57. The molecule has 4 heteroatoms. The van der Waals surface area contributed by atoms with E-state index in [2.05, 4.69) is 35.2 Å². The zero-order valence-electron chi connectivity index (χ0n) is 12.7. The van der Waals surface area contributed by atoms with Crippen LogP contribution in [0.5, 0.6) is 0 Å². The van der Waals surface area contributed by atoms with E-state index in [1.165, 1.54) is 30.0 Å². The van der Waals surface area contributed by atoms with Crippen molar-refractivity contribution in [3.8, 4) is 0 Å². The lowest BCUT2D eigenvalue weighted by atomic mass is 9.88. The maximum absolute atomic E-state index is 6.17. The minimum Gasteiger partial charge on any atom is -0.374 e. The number of ether oxygens (including phenoxy) is 1. The normalized spacial score (nSPS) is 28.9. The maximum atomic E-state index is 6.17. The van der Waals surface area contributed by atoms with Gasteiger partial charge in [0.25, 0.3) is 0 Å². The van der Waals surface area contributed by atoms with Crippen LogP contribution in [-0.2, 0) is 4.74 Å². The van der Waals surface area contributed by atoms with Crippen LogP contribution in [0.1, 0.15) is 25.7 Å². The molecule has 0 bridgehead atoms. The summed E-state index contributed by atoms with van der Waals surface area (Å²) in [7, 11) is 0. The fraction of sp³-hybridized carbons (Fsp3) is 0.647. The topological polar surface area (TPSA) is 38.5 Å². The Bertz CT molecular complexity index is 434. The van der Waals surface area contributed by atoms with Crippen molar-refractivity contribution in [3.63, 3.8) is 0 Å². The Hall–Kier alpha value is -0.710. The molecular formula is C17H26N2OS. The van der Waals surface area contributed by atoms with Gasteiger partial charge < -0.3 is 15.4 Å². The first-order valence-electron chi connectivity index (χ1n) is 8.06. The smallest absolute Gasteiger partial charge is 0.0799 e. The summed E-state index contributed by atoms with van der Waals surface area (Å²) in [5.41, 5.74) is 7.22. The van der Waals surface area contributed by atoms with E-state index in [9.17, 15) is 0 Å². The number of nitrogens with two attached hydrogens (primary N) is 1. The number of hydrogen-bond donors (Lipinski definition) is 1. The van der Waals surface area contributed by atoms with Gasteiger partial charge in [-0.1, -0.05) is 18.2 Å². The van der Waals surface area contributed by atoms with Crippen LogP contribution < -0.4 is 10.6 Å². The lowest BCUT2D eigenvalue weighted by Crippen LogP contribution is -2.49. The van der Waals surface area contributed by atoms with Gasteiger partial charge in [-0.3, -0.25) is 0 Å². The first kappa shape index (κ1) is 15.2.